The van der Waals surface area contributed by atoms with Crippen molar-refractivity contribution in [2.75, 3.05) is 0 Å². The van der Waals surface area contributed by atoms with Gasteiger partial charge in [-0.05, 0) is 39.8 Å². The molecular formula is C14H18N2O2. The summed E-state index contributed by atoms with van der Waals surface area (Å²) in [5.74, 6) is -0.511. The number of carbonyl (C=O) groups is 1. The van der Waals surface area contributed by atoms with Crippen LogP contribution in [0.15, 0.2) is 24.4 Å². The van der Waals surface area contributed by atoms with Gasteiger partial charge in [-0.3, -0.25) is 9.78 Å². The molecule has 0 fully saturated rings. The molecule has 0 N–H and O–H groups in total. The lowest BCUT2D eigenvalue weighted by molar-refractivity contribution is -0.163. The summed E-state index contributed by atoms with van der Waals surface area (Å²) in [4.78, 5) is 16.2. The van der Waals surface area contributed by atoms with Crippen molar-refractivity contribution in [1.29, 1.82) is 5.26 Å². The second kappa shape index (κ2) is 5.18. The van der Waals surface area contributed by atoms with Crippen LogP contribution in [0.25, 0.3) is 0 Å². The Balaban J connectivity index is 2.87. The van der Waals surface area contributed by atoms with Crippen molar-refractivity contribution in [2.24, 2.45) is 5.41 Å². The van der Waals surface area contributed by atoms with Crippen LogP contribution >= 0.6 is 0 Å². The lowest BCUT2D eigenvalue weighted by Gasteiger charge is -2.26. The highest BCUT2D eigenvalue weighted by molar-refractivity contribution is 5.80. The molecule has 1 unspecified atom stereocenters. The van der Waals surface area contributed by atoms with Crippen LogP contribution in [-0.4, -0.2) is 16.6 Å². The average molecular weight is 246 g/mol. The van der Waals surface area contributed by atoms with E-state index in [1.54, 1.807) is 46.0 Å². The maximum atomic E-state index is 12.0. The molecule has 0 aromatic carbocycles. The number of hydrogen-bond donors (Lipinski definition) is 0. The van der Waals surface area contributed by atoms with Crippen LogP contribution in [0.2, 0.25) is 0 Å². The topological polar surface area (TPSA) is 63.0 Å². The van der Waals surface area contributed by atoms with Gasteiger partial charge >= 0.3 is 5.97 Å². The summed E-state index contributed by atoms with van der Waals surface area (Å²) in [6.07, 6.45) is 1.89. The molecule has 1 aromatic rings. The van der Waals surface area contributed by atoms with E-state index in [2.05, 4.69) is 4.98 Å². The fourth-order valence-electron chi connectivity index (χ4n) is 1.41. The zero-order valence-electron chi connectivity index (χ0n) is 11.2. The Morgan fingerprint density at radius 3 is 2.50 bits per heavy atom. The second-order valence-corrected chi connectivity index (χ2v) is 5.44. The second-order valence-electron chi connectivity index (χ2n) is 5.44. The van der Waals surface area contributed by atoms with E-state index in [4.69, 9.17) is 4.74 Å². The van der Waals surface area contributed by atoms with Crippen LogP contribution in [0.4, 0.5) is 0 Å². The smallest absolute Gasteiger partial charge is 0.327 e. The number of carbonyl (C=O) groups excluding carboxylic acids is 1. The highest BCUT2D eigenvalue weighted by Gasteiger charge is 2.38. The van der Waals surface area contributed by atoms with Gasteiger partial charge in [0.15, 0.2) is 5.41 Å². The van der Waals surface area contributed by atoms with E-state index in [1.165, 1.54) is 0 Å². The van der Waals surface area contributed by atoms with Gasteiger partial charge in [0.1, 0.15) is 5.60 Å². The maximum Gasteiger partial charge on any atom is 0.327 e. The standard InChI is InChI=1S/C14H18N2O2/c1-13(2,3)18-12(17)14(4,10-15)9-11-7-5-6-8-16-11/h5-8H,9H2,1-4H3. The molecule has 1 rings (SSSR count). The molecule has 0 aliphatic carbocycles. The third kappa shape index (κ3) is 3.85. The van der Waals surface area contributed by atoms with Crippen molar-refractivity contribution in [3.05, 3.63) is 30.1 Å². The predicted molar refractivity (Wildman–Crippen MR) is 67.5 cm³/mol. The quantitative estimate of drug-likeness (QED) is 0.769. The zero-order valence-corrected chi connectivity index (χ0v) is 11.2. The van der Waals surface area contributed by atoms with E-state index in [9.17, 15) is 10.1 Å². The third-order valence-electron chi connectivity index (χ3n) is 2.36. The number of ether oxygens (including phenoxy) is 1. The Morgan fingerprint density at radius 1 is 1.39 bits per heavy atom. The van der Waals surface area contributed by atoms with E-state index in [1.807, 2.05) is 12.1 Å². The highest BCUT2D eigenvalue weighted by atomic mass is 16.6. The molecule has 1 heterocycles. The van der Waals surface area contributed by atoms with Gasteiger partial charge in [-0.1, -0.05) is 6.07 Å². The number of nitrogens with zero attached hydrogens (tertiary/aromatic N) is 2. The summed E-state index contributed by atoms with van der Waals surface area (Å²) in [6, 6.07) is 7.45. The molecule has 4 heteroatoms. The minimum absolute atomic E-state index is 0.249. The summed E-state index contributed by atoms with van der Waals surface area (Å²) >= 11 is 0. The number of rotatable bonds is 3. The van der Waals surface area contributed by atoms with E-state index >= 15 is 0 Å². The van der Waals surface area contributed by atoms with E-state index in [-0.39, 0.29) is 6.42 Å². The van der Waals surface area contributed by atoms with Gasteiger partial charge in [0, 0.05) is 18.3 Å². The molecule has 0 saturated carbocycles. The van der Waals surface area contributed by atoms with Gasteiger partial charge in [0.05, 0.1) is 6.07 Å². The minimum atomic E-state index is -1.21. The summed E-state index contributed by atoms with van der Waals surface area (Å²) in [5, 5.41) is 9.24. The lowest BCUT2D eigenvalue weighted by Crippen LogP contribution is -2.36. The van der Waals surface area contributed by atoms with Gasteiger partial charge in [-0.15, -0.1) is 0 Å². The molecule has 0 aliphatic rings. The summed E-state index contributed by atoms with van der Waals surface area (Å²) in [6.45, 7) is 6.92. The van der Waals surface area contributed by atoms with E-state index in [0.29, 0.717) is 5.69 Å². The average Bonchev–Trinajstić information content (AvgIpc) is 2.28. The van der Waals surface area contributed by atoms with Gasteiger partial charge in [0.25, 0.3) is 0 Å². The Morgan fingerprint density at radius 2 is 2.06 bits per heavy atom. The Kier molecular flexibility index (Phi) is 4.07. The van der Waals surface area contributed by atoms with Gasteiger partial charge in [0.2, 0.25) is 0 Å². The largest absolute Gasteiger partial charge is 0.459 e. The highest BCUT2D eigenvalue weighted by Crippen LogP contribution is 2.25. The van der Waals surface area contributed by atoms with Gasteiger partial charge in [-0.2, -0.15) is 5.26 Å². The van der Waals surface area contributed by atoms with Crippen LogP contribution < -0.4 is 0 Å². The van der Waals surface area contributed by atoms with Crippen LogP contribution in [0, 0.1) is 16.7 Å². The molecule has 0 radical (unpaired) electrons. The predicted octanol–water partition coefficient (Wildman–Crippen LogP) is 2.50. The molecule has 0 spiro atoms. The summed E-state index contributed by atoms with van der Waals surface area (Å²) in [5.41, 5.74) is -1.10. The van der Waals surface area contributed by atoms with Crippen molar-refractivity contribution in [2.45, 2.75) is 39.7 Å². The van der Waals surface area contributed by atoms with Gasteiger partial charge in [-0.25, -0.2) is 0 Å². The first-order valence-electron chi connectivity index (χ1n) is 5.81. The summed E-state index contributed by atoms with van der Waals surface area (Å²) in [7, 11) is 0. The Labute approximate surface area is 108 Å². The number of aromatic nitrogens is 1. The van der Waals surface area contributed by atoms with Crippen LogP contribution in [0.5, 0.6) is 0 Å². The SMILES string of the molecule is CC(C)(C)OC(=O)C(C)(C#N)Cc1ccccn1. The zero-order chi connectivity index (χ0) is 13.8. The molecule has 0 bridgehead atoms. The van der Waals surface area contributed by atoms with Gasteiger partial charge < -0.3 is 4.74 Å². The third-order valence-corrected chi connectivity index (χ3v) is 2.36. The number of esters is 1. The normalized spacial score (nSPS) is 14.4. The number of hydrogen-bond acceptors (Lipinski definition) is 4. The number of pyridine rings is 1. The van der Waals surface area contributed by atoms with Crippen LogP contribution in [0.1, 0.15) is 33.4 Å². The lowest BCUT2D eigenvalue weighted by atomic mass is 9.86. The number of nitriles is 1. The van der Waals surface area contributed by atoms with Crippen molar-refractivity contribution >= 4 is 5.97 Å². The molecule has 4 nitrogen and oxygen atoms in total. The molecule has 0 saturated heterocycles. The molecular weight excluding hydrogens is 228 g/mol. The first-order valence-corrected chi connectivity index (χ1v) is 5.81. The van der Waals surface area contributed by atoms with Crippen molar-refractivity contribution in [3.8, 4) is 6.07 Å². The fourth-order valence-corrected chi connectivity index (χ4v) is 1.41. The van der Waals surface area contributed by atoms with Crippen molar-refractivity contribution in [3.63, 3.8) is 0 Å². The van der Waals surface area contributed by atoms with Crippen molar-refractivity contribution < 1.29 is 9.53 Å². The Bertz CT molecular complexity index is 457. The van der Waals surface area contributed by atoms with Crippen molar-refractivity contribution in [1.82, 2.24) is 4.98 Å². The molecule has 1 atom stereocenters. The van der Waals surface area contributed by atoms with E-state index < -0.39 is 17.0 Å². The van der Waals surface area contributed by atoms with E-state index in [0.717, 1.165) is 0 Å². The monoisotopic (exact) mass is 246 g/mol. The molecule has 96 valence electrons. The maximum absolute atomic E-state index is 12.0. The van der Waals surface area contributed by atoms with Crippen LogP contribution in [-0.2, 0) is 16.0 Å². The first-order chi connectivity index (χ1) is 8.27. The van der Waals surface area contributed by atoms with Crippen LogP contribution in [0.3, 0.4) is 0 Å². The molecule has 1 aromatic heterocycles. The summed E-state index contributed by atoms with van der Waals surface area (Å²) < 4.78 is 5.28. The fraction of sp³-hybridized carbons (Fsp3) is 0.500. The molecule has 0 aliphatic heterocycles. The first kappa shape index (κ1) is 14.2. The molecule has 0 amide bonds. The minimum Gasteiger partial charge on any atom is -0.459 e. The Hall–Kier alpha value is -1.89. The molecule has 18 heavy (non-hydrogen) atoms.